The Kier molecular flexibility index (Phi) is 5.19. The molecule has 1 atom stereocenters. The first-order valence-corrected chi connectivity index (χ1v) is 11.8. The number of urea groups is 1. The van der Waals surface area contributed by atoms with Gasteiger partial charge >= 0.3 is 6.03 Å². The normalized spacial score (nSPS) is 32.5. The number of nitrogens with one attached hydrogen (secondary N) is 2. The lowest BCUT2D eigenvalue weighted by atomic mass is 9.53. The SMILES string of the molecule is CC(c1ccccn1)N(C(=O)CCNC(=O)NC12CC3CC(CC(C3)C1)C2)C1CC1. The first-order valence-electron chi connectivity index (χ1n) is 11.8. The van der Waals surface area contributed by atoms with Crippen LogP contribution >= 0.6 is 0 Å². The van der Waals surface area contributed by atoms with E-state index in [1.54, 1.807) is 6.20 Å². The number of carbonyl (C=O) groups excluding carboxylic acids is 2. The highest BCUT2D eigenvalue weighted by Gasteiger charge is 2.51. The summed E-state index contributed by atoms with van der Waals surface area (Å²) in [5.74, 6) is 2.51. The quantitative estimate of drug-likeness (QED) is 0.718. The van der Waals surface area contributed by atoms with Crippen molar-refractivity contribution in [3.8, 4) is 0 Å². The third-order valence-corrected chi connectivity index (χ3v) is 7.80. The maximum absolute atomic E-state index is 13.0. The number of aromatic nitrogens is 1. The van der Waals surface area contributed by atoms with Gasteiger partial charge in [0.15, 0.2) is 0 Å². The van der Waals surface area contributed by atoms with Gasteiger partial charge in [-0.1, -0.05) is 6.07 Å². The number of hydrogen-bond acceptors (Lipinski definition) is 3. The maximum Gasteiger partial charge on any atom is 0.315 e. The molecule has 6 nitrogen and oxygen atoms in total. The van der Waals surface area contributed by atoms with Gasteiger partial charge < -0.3 is 15.5 Å². The van der Waals surface area contributed by atoms with E-state index in [1.165, 1.54) is 19.3 Å². The van der Waals surface area contributed by atoms with Crippen LogP contribution in [0.1, 0.15) is 76.4 Å². The molecule has 5 saturated carbocycles. The molecule has 1 heterocycles. The largest absolute Gasteiger partial charge is 0.338 e. The van der Waals surface area contributed by atoms with Crippen molar-refractivity contribution in [1.29, 1.82) is 0 Å². The van der Waals surface area contributed by atoms with Gasteiger partial charge in [-0.05, 0) is 88.2 Å². The summed E-state index contributed by atoms with van der Waals surface area (Å²) < 4.78 is 0. The summed E-state index contributed by atoms with van der Waals surface area (Å²) in [4.78, 5) is 32.0. The van der Waals surface area contributed by atoms with Crippen molar-refractivity contribution >= 4 is 11.9 Å². The molecule has 0 aliphatic heterocycles. The van der Waals surface area contributed by atoms with Crippen LogP contribution in [0.25, 0.3) is 0 Å². The Morgan fingerprint density at radius 3 is 2.37 bits per heavy atom. The Hall–Kier alpha value is -2.11. The van der Waals surface area contributed by atoms with Crippen molar-refractivity contribution in [3.05, 3.63) is 30.1 Å². The number of rotatable bonds is 7. The molecule has 3 amide bonds. The van der Waals surface area contributed by atoms with Gasteiger partial charge in [-0.25, -0.2) is 4.79 Å². The van der Waals surface area contributed by atoms with Crippen molar-refractivity contribution in [3.63, 3.8) is 0 Å². The minimum absolute atomic E-state index is 0.0103. The van der Waals surface area contributed by atoms with Gasteiger partial charge in [0.25, 0.3) is 0 Å². The molecule has 162 valence electrons. The van der Waals surface area contributed by atoms with Gasteiger partial charge in [-0.3, -0.25) is 9.78 Å². The predicted molar refractivity (Wildman–Crippen MR) is 115 cm³/mol. The molecule has 5 aliphatic rings. The van der Waals surface area contributed by atoms with Crippen molar-refractivity contribution in [1.82, 2.24) is 20.5 Å². The first kappa shape index (κ1) is 19.8. The van der Waals surface area contributed by atoms with Gasteiger partial charge in [0.2, 0.25) is 5.91 Å². The molecule has 2 N–H and O–H groups in total. The molecule has 0 radical (unpaired) electrons. The fourth-order valence-corrected chi connectivity index (χ4v) is 6.81. The zero-order valence-electron chi connectivity index (χ0n) is 18.0. The van der Waals surface area contributed by atoms with Crippen LogP contribution in [0.4, 0.5) is 4.79 Å². The van der Waals surface area contributed by atoms with Crippen molar-refractivity contribution in [2.75, 3.05) is 6.54 Å². The third-order valence-electron chi connectivity index (χ3n) is 7.80. The molecule has 6 heteroatoms. The van der Waals surface area contributed by atoms with Crippen molar-refractivity contribution in [2.24, 2.45) is 17.8 Å². The van der Waals surface area contributed by atoms with Crippen LogP contribution in [0.2, 0.25) is 0 Å². The molecular formula is C24H34N4O2. The average molecular weight is 411 g/mol. The van der Waals surface area contributed by atoms with E-state index < -0.39 is 0 Å². The Bertz CT molecular complexity index is 756. The maximum atomic E-state index is 13.0. The Balaban J connectivity index is 1.12. The van der Waals surface area contributed by atoms with Crippen LogP contribution in [0.3, 0.4) is 0 Å². The zero-order valence-corrected chi connectivity index (χ0v) is 18.0. The van der Waals surface area contributed by atoms with E-state index in [0.29, 0.717) is 19.0 Å². The molecule has 1 aromatic rings. The molecule has 5 fully saturated rings. The zero-order chi connectivity index (χ0) is 20.7. The lowest BCUT2D eigenvalue weighted by Gasteiger charge is -2.56. The molecule has 0 aromatic carbocycles. The lowest BCUT2D eigenvalue weighted by Crippen LogP contribution is -2.61. The molecule has 0 saturated heterocycles. The average Bonchev–Trinajstić information content (AvgIpc) is 3.52. The van der Waals surface area contributed by atoms with E-state index >= 15 is 0 Å². The monoisotopic (exact) mass is 410 g/mol. The Morgan fingerprint density at radius 2 is 1.80 bits per heavy atom. The Morgan fingerprint density at radius 1 is 1.13 bits per heavy atom. The minimum Gasteiger partial charge on any atom is -0.338 e. The molecule has 1 unspecified atom stereocenters. The Labute approximate surface area is 179 Å². The van der Waals surface area contributed by atoms with Crippen LogP contribution < -0.4 is 10.6 Å². The number of amides is 3. The summed E-state index contributed by atoms with van der Waals surface area (Å²) in [5, 5.41) is 6.29. The summed E-state index contributed by atoms with van der Waals surface area (Å²) in [6, 6.07) is 6.02. The van der Waals surface area contributed by atoms with Crippen LogP contribution in [-0.4, -0.2) is 39.9 Å². The standard InChI is InChI=1S/C24H34N4O2/c1-16(21-4-2-3-8-25-21)28(20-5-6-20)22(29)7-9-26-23(30)27-24-13-17-10-18(14-24)12-19(11-17)15-24/h2-4,8,16-20H,5-7,9-15H2,1H3,(H2,26,27,30). The molecule has 5 aliphatic carbocycles. The summed E-state index contributed by atoms with van der Waals surface area (Å²) in [7, 11) is 0. The number of carbonyl (C=O) groups is 2. The highest BCUT2D eigenvalue weighted by atomic mass is 16.2. The van der Waals surface area contributed by atoms with Gasteiger partial charge in [0, 0.05) is 30.7 Å². The van der Waals surface area contributed by atoms with Crippen LogP contribution in [-0.2, 0) is 4.79 Å². The minimum atomic E-state index is -0.0968. The number of hydrogen-bond donors (Lipinski definition) is 2. The van der Waals surface area contributed by atoms with E-state index in [1.807, 2.05) is 30.0 Å². The topological polar surface area (TPSA) is 74.3 Å². The summed E-state index contributed by atoms with van der Waals surface area (Å²) in [6.07, 6.45) is 11.7. The van der Waals surface area contributed by atoms with E-state index in [9.17, 15) is 9.59 Å². The highest BCUT2D eigenvalue weighted by Crippen LogP contribution is 2.55. The van der Waals surface area contributed by atoms with Gasteiger partial charge in [0.1, 0.15) is 0 Å². The van der Waals surface area contributed by atoms with Gasteiger partial charge in [-0.2, -0.15) is 0 Å². The van der Waals surface area contributed by atoms with E-state index in [2.05, 4.69) is 15.6 Å². The van der Waals surface area contributed by atoms with Crippen molar-refractivity contribution in [2.45, 2.75) is 82.3 Å². The number of pyridine rings is 1. The fourth-order valence-electron chi connectivity index (χ4n) is 6.81. The highest BCUT2D eigenvalue weighted by molar-refractivity contribution is 5.79. The second-order valence-corrected chi connectivity index (χ2v) is 10.3. The van der Waals surface area contributed by atoms with Gasteiger partial charge in [-0.15, -0.1) is 0 Å². The van der Waals surface area contributed by atoms with Gasteiger partial charge in [0.05, 0.1) is 11.7 Å². The summed E-state index contributed by atoms with van der Waals surface area (Å²) in [5.41, 5.74) is 0.932. The molecular weight excluding hydrogens is 376 g/mol. The smallest absolute Gasteiger partial charge is 0.315 e. The van der Waals surface area contributed by atoms with Crippen LogP contribution in [0.5, 0.6) is 0 Å². The lowest BCUT2D eigenvalue weighted by molar-refractivity contribution is -0.134. The molecule has 1 aromatic heterocycles. The second kappa shape index (κ2) is 7.86. The second-order valence-electron chi connectivity index (χ2n) is 10.3. The molecule has 4 bridgehead atoms. The predicted octanol–water partition coefficient (Wildman–Crippen LogP) is 3.79. The van der Waals surface area contributed by atoms with Crippen LogP contribution in [0, 0.1) is 17.8 Å². The third kappa shape index (κ3) is 4.06. The van der Waals surface area contributed by atoms with E-state index in [0.717, 1.165) is 55.6 Å². The fraction of sp³-hybridized carbons (Fsp3) is 0.708. The molecule has 30 heavy (non-hydrogen) atoms. The van der Waals surface area contributed by atoms with E-state index in [4.69, 9.17) is 0 Å². The molecule has 0 spiro atoms. The van der Waals surface area contributed by atoms with Crippen molar-refractivity contribution < 1.29 is 9.59 Å². The molecule has 6 rings (SSSR count). The summed E-state index contributed by atoms with van der Waals surface area (Å²) >= 11 is 0. The number of nitrogens with zero attached hydrogens (tertiary/aromatic N) is 2. The summed E-state index contributed by atoms with van der Waals surface area (Å²) in [6.45, 7) is 2.43. The first-order chi connectivity index (χ1) is 14.5. The van der Waals surface area contributed by atoms with Crippen LogP contribution in [0.15, 0.2) is 24.4 Å². The van der Waals surface area contributed by atoms with E-state index in [-0.39, 0.29) is 23.5 Å².